The highest BCUT2D eigenvalue weighted by atomic mass is 19.1. The first kappa shape index (κ1) is 22.1. The van der Waals surface area contributed by atoms with Crippen molar-refractivity contribution in [2.45, 2.75) is 51.7 Å². The van der Waals surface area contributed by atoms with Crippen molar-refractivity contribution in [3.05, 3.63) is 51.8 Å². The van der Waals surface area contributed by atoms with Crippen molar-refractivity contribution < 1.29 is 18.7 Å². The van der Waals surface area contributed by atoms with Crippen molar-refractivity contribution >= 4 is 17.1 Å². The average Bonchev–Trinajstić information content (AvgIpc) is 3.51. The van der Waals surface area contributed by atoms with Gasteiger partial charge in [-0.1, -0.05) is 0 Å². The Bertz CT molecular complexity index is 1260. The van der Waals surface area contributed by atoms with Gasteiger partial charge in [0.25, 0.3) is 5.91 Å². The van der Waals surface area contributed by atoms with E-state index in [1.807, 2.05) is 0 Å². The third-order valence-corrected chi connectivity index (χ3v) is 5.85. The van der Waals surface area contributed by atoms with Gasteiger partial charge in [-0.3, -0.25) is 13.9 Å². The van der Waals surface area contributed by atoms with Crippen molar-refractivity contribution in [2.75, 3.05) is 13.3 Å². The number of imidazole rings is 1. The monoisotopic (exact) mass is 444 g/mol. The lowest BCUT2D eigenvalue weighted by Crippen LogP contribution is -2.40. The second kappa shape index (κ2) is 8.12. The van der Waals surface area contributed by atoms with Crippen LogP contribution in [-0.2, 0) is 12.1 Å². The number of nitrogens with zero attached hydrogens (tertiary/aromatic N) is 3. The predicted octanol–water partition coefficient (Wildman–Crippen LogP) is 2.90. The zero-order valence-corrected chi connectivity index (χ0v) is 18.3. The van der Waals surface area contributed by atoms with Crippen LogP contribution in [0, 0.1) is 12.7 Å². The zero-order valence-electron chi connectivity index (χ0n) is 18.3. The number of aliphatic hydroxyl groups is 1. The van der Waals surface area contributed by atoms with Crippen LogP contribution in [0.15, 0.2) is 29.2 Å². The summed E-state index contributed by atoms with van der Waals surface area (Å²) < 4.78 is 30.4. The molecule has 1 fully saturated rings. The largest absolute Gasteiger partial charge is 0.394 e. The fraction of sp³-hybridized carbons (Fsp3) is 0.435. The molecule has 32 heavy (non-hydrogen) atoms. The van der Waals surface area contributed by atoms with Crippen molar-refractivity contribution in [3.63, 3.8) is 0 Å². The first-order valence-electron chi connectivity index (χ1n) is 10.6. The normalized spacial score (nSPS) is 14.2. The molecular formula is C23H26F2N4O3. The number of carbonyl (C=O) groups excluding carboxylic acids is 1. The minimum Gasteiger partial charge on any atom is -0.394 e. The number of benzene rings is 1. The maximum atomic E-state index is 14.5. The first-order chi connectivity index (χ1) is 15.2. The Hall–Kier alpha value is -3.07. The van der Waals surface area contributed by atoms with E-state index in [9.17, 15) is 23.5 Å². The van der Waals surface area contributed by atoms with Gasteiger partial charge in [0.2, 0.25) is 0 Å². The van der Waals surface area contributed by atoms with Gasteiger partial charge in [0.15, 0.2) is 5.65 Å². The maximum Gasteiger partial charge on any atom is 0.331 e. The molecule has 2 aromatic heterocycles. The number of halogens is 2. The molecule has 3 aromatic rings. The number of fused-ring (bicyclic) bond motifs is 1. The minimum atomic E-state index is -0.939. The molecule has 1 aliphatic rings. The van der Waals surface area contributed by atoms with Gasteiger partial charge in [0.05, 0.1) is 29.8 Å². The molecule has 2 N–H and O–H groups in total. The summed E-state index contributed by atoms with van der Waals surface area (Å²) in [6, 6.07) is 4.56. The molecule has 4 rings (SSSR count). The topological polar surface area (TPSA) is 89.2 Å². The number of aryl methyl sites for hydroxylation is 2. The smallest absolute Gasteiger partial charge is 0.331 e. The summed E-state index contributed by atoms with van der Waals surface area (Å²) in [5.74, 6) is -1.07. The van der Waals surface area contributed by atoms with Crippen LogP contribution >= 0.6 is 0 Å². The number of aliphatic hydroxyl groups excluding tert-OH is 1. The van der Waals surface area contributed by atoms with Crippen LogP contribution in [0.3, 0.4) is 0 Å². The fourth-order valence-corrected chi connectivity index (χ4v) is 3.84. The number of nitrogens with one attached hydrogen (secondary N) is 1. The van der Waals surface area contributed by atoms with E-state index in [1.54, 1.807) is 26.8 Å². The molecule has 0 saturated heterocycles. The molecule has 0 spiro atoms. The van der Waals surface area contributed by atoms with E-state index in [-0.39, 0.29) is 24.8 Å². The summed E-state index contributed by atoms with van der Waals surface area (Å²) in [6.07, 6.45) is 3.31. The summed E-state index contributed by atoms with van der Waals surface area (Å²) >= 11 is 0. The van der Waals surface area contributed by atoms with Gasteiger partial charge in [0, 0.05) is 17.8 Å². The molecular weight excluding hydrogens is 418 g/mol. The van der Waals surface area contributed by atoms with E-state index in [2.05, 4.69) is 10.3 Å². The Morgan fingerprint density at radius 1 is 1.31 bits per heavy atom. The van der Waals surface area contributed by atoms with E-state index < -0.39 is 29.6 Å². The van der Waals surface area contributed by atoms with Crippen LogP contribution in [0.4, 0.5) is 8.78 Å². The lowest BCUT2D eigenvalue weighted by molar-refractivity contribution is 0.0947. The second-order valence-electron chi connectivity index (χ2n) is 8.89. The Morgan fingerprint density at radius 3 is 2.66 bits per heavy atom. The summed E-state index contributed by atoms with van der Waals surface area (Å²) in [5.41, 5.74) is 1.01. The van der Waals surface area contributed by atoms with Crippen molar-refractivity contribution in [1.29, 1.82) is 0 Å². The molecule has 1 aromatic carbocycles. The van der Waals surface area contributed by atoms with E-state index in [0.29, 0.717) is 27.9 Å². The fourth-order valence-electron chi connectivity index (χ4n) is 3.84. The number of hydrogen-bond donors (Lipinski definition) is 2. The van der Waals surface area contributed by atoms with Gasteiger partial charge >= 0.3 is 5.69 Å². The average molecular weight is 444 g/mol. The Kier molecular flexibility index (Phi) is 5.62. The molecule has 7 nitrogen and oxygen atoms in total. The Labute approximate surface area is 183 Å². The highest BCUT2D eigenvalue weighted by Crippen LogP contribution is 2.30. The van der Waals surface area contributed by atoms with Gasteiger partial charge in [-0.25, -0.2) is 18.6 Å². The summed E-state index contributed by atoms with van der Waals surface area (Å²) in [4.78, 5) is 29.9. The Balaban J connectivity index is 1.88. The van der Waals surface area contributed by atoms with Crippen LogP contribution < -0.4 is 11.0 Å². The number of rotatable bonds is 7. The molecule has 0 aliphatic heterocycles. The molecule has 0 bridgehead atoms. The third-order valence-electron chi connectivity index (χ3n) is 5.85. The maximum absolute atomic E-state index is 14.5. The number of alkyl halides is 1. The zero-order chi connectivity index (χ0) is 23.2. The van der Waals surface area contributed by atoms with Crippen molar-refractivity contribution in [2.24, 2.45) is 0 Å². The van der Waals surface area contributed by atoms with Gasteiger partial charge in [-0.15, -0.1) is 0 Å². The quantitative estimate of drug-likeness (QED) is 0.587. The standard InChI is InChI=1S/C23H26F2N4O3/c1-13-8-18(25)17(21(31)27-15-4-5-15)10-16(13)14-9-19-20(26-11-14)29(23(2,3)12-30)22(32)28(19)7-6-24/h8-11,15,30H,4-7,12H2,1-3H3,(H,27,31). The molecule has 9 heteroatoms. The van der Waals surface area contributed by atoms with E-state index in [1.165, 1.54) is 27.5 Å². The highest BCUT2D eigenvalue weighted by Gasteiger charge is 2.28. The van der Waals surface area contributed by atoms with Crippen LogP contribution in [0.5, 0.6) is 0 Å². The first-order valence-corrected chi connectivity index (χ1v) is 10.6. The molecule has 0 radical (unpaired) electrons. The SMILES string of the molecule is Cc1cc(F)c(C(=O)NC2CC2)cc1-c1cnc2c(c1)n(CCF)c(=O)n2C(C)(C)CO. The number of pyridine rings is 1. The molecule has 0 unspecified atom stereocenters. The van der Waals surface area contributed by atoms with Crippen molar-refractivity contribution in [3.8, 4) is 11.1 Å². The van der Waals surface area contributed by atoms with E-state index >= 15 is 0 Å². The molecule has 0 atom stereocenters. The summed E-state index contributed by atoms with van der Waals surface area (Å²) in [6.45, 7) is 3.90. The third kappa shape index (κ3) is 3.81. The van der Waals surface area contributed by atoms with E-state index in [4.69, 9.17) is 0 Å². The molecule has 1 amide bonds. The molecule has 170 valence electrons. The van der Waals surface area contributed by atoms with Gasteiger partial charge in [0.1, 0.15) is 12.5 Å². The molecule has 1 aliphatic carbocycles. The van der Waals surface area contributed by atoms with Crippen molar-refractivity contribution in [1.82, 2.24) is 19.4 Å². The van der Waals surface area contributed by atoms with Crippen LogP contribution in [-0.4, -0.2) is 44.5 Å². The summed E-state index contributed by atoms with van der Waals surface area (Å²) in [7, 11) is 0. The highest BCUT2D eigenvalue weighted by molar-refractivity contribution is 5.96. The predicted molar refractivity (Wildman–Crippen MR) is 117 cm³/mol. The number of aromatic nitrogens is 3. The van der Waals surface area contributed by atoms with Gasteiger partial charge < -0.3 is 10.4 Å². The lowest BCUT2D eigenvalue weighted by Gasteiger charge is -2.23. The number of hydrogen-bond acceptors (Lipinski definition) is 4. The van der Waals surface area contributed by atoms with Crippen LogP contribution in [0.25, 0.3) is 22.3 Å². The van der Waals surface area contributed by atoms with E-state index in [0.717, 1.165) is 12.8 Å². The summed E-state index contributed by atoms with van der Waals surface area (Å²) in [5, 5.41) is 12.6. The van der Waals surface area contributed by atoms with Crippen LogP contribution in [0.2, 0.25) is 0 Å². The number of amides is 1. The molecule has 1 saturated carbocycles. The number of carbonyl (C=O) groups is 1. The van der Waals surface area contributed by atoms with Crippen LogP contribution in [0.1, 0.15) is 42.6 Å². The minimum absolute atomic E-state index is 0.0577. The lowest BCUT2D eigenvalue weighted by atomic mass is 9.98. The second-order valence-corrected chi connectivity index (χ2v) is 8.89. The van der Waals surface area contributed by atoms with Gasteiger partial charge in [-0.05, 0) is 62.9 Å². The Morgan fingerprint density at radius 2 is 2.03 bits per heavy atom. The molecule has 2 heterocycles. The van der Waals surface area contributed by atoms with Gasteiger partial charge in [-0.2, -0.15) is 0 Å².